The molecule has 0 fully saturated rings. The van der Waals surface area contributed by atoms with Crippen LogP contribution in [-0.2, 0) is 9.59 Å². The van der Waals surface area contributed by atoms with Crippen molar-refractivity contribution in [3.05, 3.63) is 0 Å². The van der Waals surface area contributed by atoms with Gasteiger partial charge in [-0.2, -0.15) is 0 Å². The fourth-order valence-corrected chi connectivity index (χ4v) is 2.36. The van der Waals surface area contributed by atoms with Crippen molar-refractivity contribution in [2.24, 2.45) is 17.3 Å². The molecule has 0 aliphatic rings. The van der Waals surface area contributed by atoms with Crippen LogP contribution in [0.15, 0.2) is 0 Å². The lowest BCUT2D eigenvalue weighted by molar-refractivity contribution is -0.167. The minimum absolute atomic E-state index is 0.193. The second-order valence-corrected chi connectivity index (χ2v) is 4.15. The summed E-state index contributed by atoms with van der Waals surface area (Å²) in [5.41, 5.74) is -1.15. The first-order valence-electron chi connectivity index (χ1n) is 5.30. The Balaban J connectivity index is 5.40. The Morgan fingerprint density at radius 2 is 1.67 bits per heavy atom. The lowest BCUT2D eigenvalue weighted by Gasteiger charge is -2.37. The third kappa shape index (κ3) is 2.30. The van der Waals surface area contributed by atoms with E-state index in [1.165, 1.54) is 0 Å². The Bertz CT molecular complexity index is 247. The van der Waals surface area contributed by atoms with Gasteiger partial charge in [0.05, 0.1) is 11.3 Å². The zero-order valence-electron chi connectivity index (χ0n) is 9.78. The fourth-order valence-electron chi connectivity index (χ4n) is 2.36. The second kappa shape index (κ2) is 5.14. The van der Waals surface area contributed by atoms with Crippen LogP contribution >= 0.6 is 0 Å². The SMILES string of the molecule is CCC(C(=O)O)C(CC)(C(=O)O)C(C)C. The zero-order valence-corrected chi connectivity index (χ0v) is 9.78. The minimum atomic E-state index is -1.15. The lowest BCUT2D eigenvalue weighted by atomic mass is 9.65. The summed E-state index contributed by atoms with van der Waals surface area (Å²) in [6.07, 6.45) is 0.679. The summed E-state index contributed by atoms with van der Waals surface area (Å²) in [5, 5.41) is 18.4. The Morgan fingerprint density at radius 1 is 1.20 bits per heavy atom. The van der Waals surface area contributed by atoms with Crippen molar-refractivity contribution in [1.82, 2.24) is 0 Å². The summed E-state index contributed by atoms with van der Waals surface area (Å²) < 4.78 is 0. The van der Waals surface area contributed by atoms with Gasteiger partial charge in [-0.05, 0) is 18.8 Å². The third-order valence-electron chi connectivity index (χ3n) is 3.34. The highest BCUT2D eigenvalue weighted by atomic mass is 16.4. The molecule has 0 bridgehead atoms. The maximum atomic E-state index is 11.3. The van der Waals surface area contributed by atoms with E-state index < -0.39 is 23.3 Å². The van der Waals surface area contributed by atoms with Crippen molar-refractivity contribution >= 4 is 11.9 Å². The van der Waals surface area contributed by atoms with Crippen LogP contribution in [-0.4, -0.2) is 22.2 Å². The summed E-state index contributed by atoms with van der Waals surface area (Å²) in [5.74, 6) is -3.04. The number of rotatable bonds is 6. The van der Waals surface area contributed by atoms with E-state index in [4.69, 9.17) is 5.11 Å². The van der Waals surface area contributed by atoms with Crippen molar-refractivity contribution in [3.8, 4) is 0 Å². The summed E-state index contributed by atoms with van der Waals surface area (Å²) in [7, 11) is 0. The summed E-state index contributed by atoms with van der Waals surface area (Å²) in [4.78, 5) is 22.4. The zero-order chi connectivity index (χ0) is 12.2. The van der Waals surface area contributed by atoms with Crippen molar-refractivity contribution in [1.29, 1.82) is 0 Å². The molecule has 4 nitrogen and oxygen atoms in total. The molecule has 0 radical (unpaired) electrons. The monoisotopic (exact) mass is 216 g/mol. The third-order valence-corrected chi connectivity index (χ3v) is 3.34. The van der Waals surface area contributed by atoms with Crippen LogP contribution in [0.25, 0.3) is 0 Å². The van der Waals surface area contributed by atoms with Crippen LogP contribution < -0.4 is 0 Å². The van der Waals surface area contributed by atoms with Gasteiger partial charge in [-0.1, -0.05) is 27.7 Å². The summed E-state index contributed by atoms with van der Waals surface area (Å²) >= 11 is 0. The Labute approximate surface area is 90.3 Å². The summed E-state index contributed by atoms with van der Waals surface area (Å²) in [6.45, 7) is 6.99. The van der Waals surface area contributed by atoms with E-state index in [0.29, 0.717) is 12.8 Å². The highest BCUT2D eigenvalue weighted by Crippen LogP contribution is 2.41. The van der Waals surface area contributed by atoms with Crippen LogP contribution in [0.5, 0.6) is 0 Å². The lowest BCUT2D eigenvalue weighted by Crippen LogP contribution is -2.46. The molecule has 0 aromatic rings. The van der Waals surface area contributed by atoms with Gasteiger partial charge in [0.25, 0.3) is 0 Å². The standard InChI is InChI=1S/C11H20O4/c1-5-8(9(12)13)11(6-2,7(3)4)10(14)15/h7-8H,5-6H2,1-4H3,(H,12,13)(H,14,15). The molecule has 2 atom stereocenters. The Hall–Kier alpha value is -1.06. The first-order chi connectivity index (χ1) is 6.84. The molecule has 88 valence electrons. The smallest absolute Gasteiger partial charge is 0.310 e. The van der Waals surface area contributed by atoms with Gasteiger partial charge >= 0.3 is 11.9 Å². The van der Waals surface area contributed by atoms with E-state index in [2.05, 4.69) is 0 Å². The fraction of sp³-hybridized carbons (Fsp3) is 0.818. The second-order valence-electron chi connectivity index (χ2n) is 4.15. The molecule has 4 heteroatoms. The molecule has 15 heavy (non-hydrogen) atoms. The molecule has 2 unspecified atom stereocenters. The van der Waals surface area contributed by atoms with E-state index in [1.54, 1.807) is 27.7 Å². The van der Waals surface area contributed by atoms with Crippen molar-refractivity contribution in [2.45, 2.75) is 40.5 Å². The van der Waals surface area contributed by atoms with E-state index in [1.807, 2.05) is 0 Å². The van der Waals surface area contributed by atoms with Crippen LogP contribution in [0.3, 0.4) is 0 Å². The maximum Gasteiger partial charge on any atom is 0.310 e. The molecule has 0 aromatic heterocycles. The van der Waals surface area contributed by atoms with Gasteiger partial charge in [-0.25, -0.2) is 0 Å². The molecule has 0 amide bonds. The molecule has 0 aliphatic heterocycles. The van der Waals surface area contributed by atoms with Gasteiger partial charge in [-0.15, -0.1) is 0 Å². The predicted molar refractivity (Wildman–Crippen MR) is 56.6 cm³/mol. The van der Waals surface area contributed by atoms with Gasteiger partial charge in [0, 0.05) is 0 Å². The first kappa shape index (κ1) is 13.9. The van der Waals surface area contributed by atoms with Gasteiger partial charge in [0.1, 0.15) is 0 Å². The Kier molecular flexibility index (Phi) is 4.78. The average Bonchev–Trinajstić information content (AvgIpc) is 2.11. The van der Waals surface area contributed by atoms with Crippen LogP contribution in [0.4, 0.5) is 0 Å². The molecule has 0 aromatic carbocycles. The van der Waals surface area contributed by atoms with Crippen LogP contribution in [0.2, 0.25) is 0 Å². The van der Waals surface area contributed by atoms with Crippen molar-refractivity contribution in [3.63, 3.8) is 0 Å². The molecule has 0 saturated carbocycles. The topological polar surface area (TPSA) is 74.6 Å². The van der Waals surface area contributed by atoms with Crippen molar-refractivity contribution < 1.29 is 19.8 Å². The maximum absolute atomic E-state index is 11.3. The van der Waals surface area contributed by atoms with E-state index in [9.17, 15) is 14.7 Å². The number of carboxylic acids is 2. The Morgan fingerprint density at radius 3 is 1.73 bits per heavy atom. The number of carboxylic acid groups (broad SMARTS) is 2. The molecular weight excluding hydrogens is 196 g/mol. The van der Waals surface area contributed by atoms with Gasteiger partial charge in [0.15, 0.2) is 0 Å². The highest BCUT2D eigenvalue weighted by molar-refractivity contribution is 5.83. The molecule has 0 heterocycles. The van der Waals surface area contributed by atoms with E-state index in [0.717, 1.165) is 0 Å². The van der Waals surface area contributed by atoms with Gasteiger partial charge < -0.3 is 10.2 Å². The van der Waals surface area contributed by atoms with Crippen LogP contribution in [0, 0.1) is 17.3 Å². The van der Waals surface area contributed by atoms with Gasteiger partial charge in [-0.3, -0.25) is 9.59 Å². The van der Waals surface area contributed by atoms with Gasteiger partial charge in [0.2, 0.25) is 0 Å². The normalized spacial score (nSPS) is 17.1. The molecule has 0 saturated heterocycles. The van der Waals surface area contributed by atoms with E-state index in [-0.39, 0.29) is 5.92 Å². The molecule has 2 N–H and O–H groups in total. The number of hydrogen-bond acceptors (Lipinski definition) is 2. The van der Waals surface area contributed by atoms with E-state index >= 15 is 0 Å². The number of carbonyl (C=O) groups is 2. The number of aliphatic carboxylic acids is 2. The van der Waals surface area contributed by atoms with Crippen molar-refractivity contribution in [2.75, 3.05) is 0 Å². The largest absolute Gasteiger partial charge is 0.481 e. The van der Waals surface area contributed by atoms with Crippen LogP contribution in [0.1, 0.15) is 40.5 Å². The number of hydrogen-bond donors (Lipinski definition) is 2. The highest BCUT2D eigenvalue weighted by Gasteiger charge is 2.49. The molecule has 0 spiro atoms. The molecule has 0 rings (SSSR count). The quantitative estimate of drug-likeness (QED) is 0.714. The first-order valence-corrected chi connectivity index (χ1v) is 5.30. The summed E-state index contributed by atoms with van der Waals surface area (Å²) in [6, 6.07) is 0. The molecule has 0 aliphatic carbocycles. The minimum Gasteiger partial charge on any atom is -0.481 e. The predicted octanol–water partition coefficient (Wildman–Crippen LogP) is 2.23. The average molecular weight is 216 g/mol. The molecular formula is C11H20O4.